The van der Waals surface area contributed by atoms with Gasteiger partial charge in [0.1, 0.15) is 5.82 Å². The minimum Gasteiger partial charge on any atom is -0.328 e. The lowest BCUT2D eigenvalue weighted by Crippen LogP contribution is -2.13. The molecule has 0 bridgehead atoms. The van der Waals surface area contributed by atoms with E-state index in [0.717, 1.165) is 12.0 Å². The van der Waals surface area contributed by atoms with Crippen molar-refractivity contribution in [3.05, 3.63) is 53.4 Å². The van der Waals surface area contributed by atoms with E-state index < -0.39 is 5.82 Å². The van der Waals surface area contributed by atoms with Crippen molar-refractivity contribution in [1.29, 1.82) is 0 Å². The van der Waals surface area contributed by atoms with Crippen molar-refractivity contribution in [2.24, 2.45) is 0 Å². The van der Waals surface area contributed by atoms with E-state index in [4.69, 9.17) is 0 Å². The molecule has 2 rings (SSSR count). The summed E-state index contributed by atoms with van der Waals surface area (Å²) in [5.41, 5.74) is 0.937. The van der Waals surface area contributed by atoms with Crippen molar-refractivity contribution in [3.63, 3.8) is 0 Å². The van der Waals surface area contributed by atoms with Gasteiger partial charge in [-0.2, -0.15) is 0 Å². The van der Waals surface area contributed by atoms with Gasteiger partial charge in [-0.25, -0.2) is 9.37 Å². The molecule has 18 heavy (non-hydrogen) atoms. The van der Waals surface area contributed by atoms with Crippen LogP contribution in [-0.2, 0) is 6.54 Å². The van der Waals surface area contributed by atoms with Crippen LogP contribution in [0.15, 0.2) is 30.6 Å². The average Bonchev–Trinajstić information content (AvgIpc) is 2.80. The largest absolute Gasteiger partial charge is 0.328 e. The number of hydrogen-bond donors (Lipinski definition) is 0. The Kier molecular flexibility index (Phi) is 3.55. The summed E-state index contributed by atoms with van der Waals surface area (Å²) < 4.78 is 15.4. The fourth-order valence-corrected chi connectivity index (χ4v) is 1.87. The Morgan fingerprint density at radius 1 is 1.44 bits per heavy atom. The minimum atomic E-state index is -0.503. The first-order valence-corrected chi connectivity index (χ1v) is 5.95. The molecule has 4 heteroatoms. The van der Waals surface area contributed by atoms with Crippen LogP contribution in [0.2, 0.25) is 0 Å². The number of hydrogen-bond acceptors (Lipinski definition) is 2. The van der Waals surface area contributed by atoms with E-state index in [1.807, 2.05) is 13.8 Å². The lowest BCUT2D eigenvalue weighted by Gasteiger charge is -2.06. The number of halogens is 1. The molecule has 3 nitrogen and oxygen atoms in total. The molecular weight excluding hydrogens is 231 g/mol. The summed E-state index contributed by atoms with van der Waals surface area (Å²) in [5.74, 6) is -0.576. The van der Waals surface area contributed by atoms with Gasteiger partial charge in [-0.3, -0.25) is 4.79 Å². The highest BCUT2D eigenvalue weighted by Gasteiger charge is 2.18. The molecule has 0 amide bonds. The fourth-order valence-electron chi connectivity index (χ4n) is 1.87. The molecular formula is C14H15FN2O. The molecule has 2 aromatic rings. The zero-order chi connectivity index (χ0) is 13.1. The maximum atomic E-state index is 13.7. The highest BCUT2D eigenvalue weighted by atomic mass is 19.1. The summed E-state index contributed by atoms with van der Waals surface area (Å²) in [6.07, 6.45) is 4.20. The van der Waals surface area contributed by atoms with Crippen molar-refractivity contribution in [2.45, 2.75) is 26.8 Å². The number of ketones is 1. The molecule has 94 valence electrons. The number of aryl methyl sites for hydroxylation is 2. The minimum absolute atomic E-state index is 0.0820. The van der Waals surface area contributed by atoms with E-state index in [2.05, 4.69) is 4.98 Å². The zero-order valence-electron chi connectivity index (χ0n) is 10.5. The van der Waals surface area contributed by atoms with E-state index in [1.54, 1.807) is 29.1 Å². The molecule has 0 atom stereocenters. The Morgan fingerprint density at radius 3 is 2.94 bits per heavy atom. The van der Waals surface area contributed by atoms with Crippen molar-refractivity contribution >= 4 is 5.78 Å². The number of carbonyl (C=O) groups is 1. The fraction of sp³-hybridized carbons (Fsp3) is 0.286. The van der Waals surface area contributed by atoms with Crippen LogP contribution < -0.4 is 0 Å². The highest BCUT2D eigenvalue weighted by molar-refractivity contribution is 6.07. The van der Waals surface area contributed by atoms with Crippen LogP contribution in [0.3, 0.4) is 0 Å². The van der Waals surface area contributed by atoms with Crippen LogP contribution in [0, 0.1) is 12.7 Å². The van der Waals surface area contributed by atoms with Gasteiger partial charge in [0.2, 0.25) is 5.78 Å². The summed E-state index contributed by atoms with van der Waals surface area (Å²) >= 11 is 0. The standard InChI is InChI=1S/C14H15FN2O/c1-3-7-17-8-6-16-14(17)13(18)11-9-10(2)4-5-12(11)15/h4-6,8-9H,3,7H2,1-2H3. The maximum Gasteiger partial charge on any atom is 0.231 e. The van der Waals surface area contributed by atoms with Crippen LogP contribution in [0.5, 0.6) is 0 Å². The zero-order valence-corrected chi connectivity index (χ0v) is 10.5. The molecule has 0 unspecified atom stereocenters. The van der Waals surface area contributed by atoms with Gasteiger partial charge in [-0.15, -0.1) is 0 Å². The van der Waals surface area contributed by atoms with Gasteiger partial charge in [0, 0.05) is 18.9 Å². The van der Waals surface area contributed by atoms with Gasteiger partial charge in [-0.1, -0.05) is 18.6 Å². The molecule has 0 aliphatic heterocycles. The quantitative estimate of drug-likeness (QED) is 0.777. The van der Waals surface area contributed by atoms with Crippen LogP contribution in [-0.4, -0.2) is 15.3 Å². The van der Waals surface area contributed by atoms with Gasteiger partial charge >= 0.3 is 0 Å². The smallest absolute Gasteiger partial charge is 0.231 e. The SMILES string of the molecule is CCCn1ccnc1C(=O)c1cc(C)ccc1F. The molecule has 0 saturated carbocycles. The van der Waals surface area contributed by atoms with E-state index in [0.29, 0.717) is 12.4 Å². The summed E-state index contributed by atoms with van der Waals surface area (Å²) in [6, 6.07) is 4.52. The number of rotatable bonds is 4. The summed E-state index contributed by atoms with van der Waals surface area (Å²) in [4.78, 5) is 16.3. The van der Waals surface area contributed by atoms with E-state index in [1.165, 1.54) is 6.07 Å². The Morgan fingerprint density at radius 2 is 2.22 bits per heavy atom. The maximum absolute atomic E-state index is 13.7. The second-order valence-electron chi connectivity index (χ2n) is 4.26. The van der Waals surface area contributed by atoms with E-state index in [9.17, 15) is 9.18 Å². The van der Waals surface area contributed by atoms with Crippen LogP contribution in [0.1, 0.15) is 35.1 Å². The van der Waals surface area contributed by atoms with E-state index in [-0.39, 0.29) is 11.3 Å². The summed E-state index contributed by atoms with van der Waals surface area (Å²) in [7, 11) is 0. The Labute approximate surface area is 105 Å². The topological polar surface area (TPSA) is 34.9 Å². The lowest BCUT2D eigenvalue weighted by atomic mass is 10.1. The molecule has 0 spiro atoms. The molecule has 0 fully saturated rings. The predicted molar refractivity (Wildman–Crippen MR) is 67.1 cm³/mol. The first-order chi connectivity index (χ1) is 8.63. The molecule has 0 aliphatic carbocycles. The molecule has 0 saturated heterocycles. The van der Waals surface area contributed by atoms with Gasteiger partial charge in [0.05, 0.1) is 5.56 Å². The molecule has 0 radical (unpaired) electrons. The Bertz CT molecular complexity index is 575. The molecule has 0 N–H and O–H groups in total. The number of imidazole rings is 1. The van der Waals surface area contributed by atoms with Gasteiger partial charge < -0.3 is 4.57 Å². The second-order valence-corrected chi connectivity index (χ2v) is 4.26. The Hall–Kier alpha value is -1.97. The third kappa shape index (κ3) is 2.32. The van der Waals surface area contributed by atoms with Gasteiger partial charge in [-0.05, 0) is 25.5 Å². The second kappa shape index (κ2) is 5.12. The molecule has 1 heterocycles. The van der Waals surface area contributed by atoms with Crippen molar-refractivity contribution in [1.82, 2.24) is 9.55 Å². The monoisotopic (exact) mass is 246 g/mol. The number of aromatic nitrogens is 2. The third-order valence-electron chi connectivity index (χ3n) is 2.75. The normalized spacial score (nSPS) is 10.6. The summed E-state index contributed by atoms with van der Waals surface area (Å²) in [6.45, 7) is 4.55. The van der Waals surface area contributed by atoms with Gasteiger partial charge in [0.25, 0.3) is 0 Å². The average molecular weight is 246 g/mol. The molecule has 0 aliphatic rings. The molecule has 1 aromatic carbocycles. The van der Waals surface area contributed by atoms with Gasteiger partial charge in [0.15, 0.2) is 5.82 Å². The highest BCUT2D eigenvalue weighted by Crippen LogP contribution is 2.14. The van der Waals surface area contributed by atoms with Crippen molar-refractivity contribution in [2.75, 3.05) is 0 Å². The van der Waals surface area contributed by atoms with Crippen LogP contribution >= 0.6 is 0 Å². The number of carbonyl (C=O) groups excluding carboxylic acids is 1. The van der Waals surface area contributed by atoms with Crippen molar-refractivity contribution < 1.29 is 9.18 Å². The predicted octanol–water partition coefficient (Wildman–Crippen LogP) is 2.97. The Balaban J connectivity index is 2.41. The number of benzene rings is 1. The summed E-state index contributed by atoms with van der Waals surface area (Å²) in [5, 5.41) is 0. The number of nitrogens with zero attached hydrogens (tertiary/aromatic N) is 2. The van der Waals surface area contributed by atoms with Crippen molar-refractivity contribution in [3.8, 4) is 0 Å². The molecule has 1 aromatic heterocycles. The first kappa shape index (κ1) is 12.5. The first-order valence-electron chi connectivity index (χ1n) is 5.95. The van der Waals surface area contributed by atoms with Crippen LogP contribution in [0.25, 0.3) is 0 Å². The van der Waals surface area contributed by atoms with Crippen LogP contribution in [0.4, 0.5) is 4.39 Å². The third-order valence-corrected chi connectivity index (χ3v) is 2.75. The van der Waals surface area contributed by atoms with E-state index >= 15 is 0 Å². The lowest BCUT2D eigenvalue weighted by molar-refractivity contribution is 0.102.